The van der Waals surface area contributed by atoms with E-state index >= 15 is 0 Å². The number of hydrogen-bond donors (Lipinski definition) is 1. The van der Waals surface area contributed by atoms with Gasteiger partial charge in [0.1, 0.15) is 17.2 Å². The van der Waals surface area contributed by atoms with Gasteiger partial charge < -0.3 is 14.8 Å². The Kier molecular flexibility index (Phi) is 5.45. The molecule has 0 fully saturated rings. The summed E-state index contributed by atoms with van der Waals surface area (Å²) >= 11 is 0. The first kappa shape index (κ1) is 20.2. The van der Waals surface area contributed by atoms with Gasteiger partial charge in [-0.05, 0) is 54.4 Å². The average Bonchev–Trinajstić information content (AvgIpc) is 3.04. The molecule has 0 radical (unpaired) electrons. The number of nitrogens with one attached hydrogen (secondary N) is 1. The van der Waals surface area contributed by atoms with Crippen LogP contribution in [0.1, 0.15) is 11.1 Å². The fraction of sp³-hybridized carbons (Fsp3) is 0.120. The molecule has 6 nitrogen and oxygen atoms in total. The Bertz CT molecular complexity index is 1170. The standard InChI is InChI=1S/C25H22N2O4/c1-16-9-14-21(31-3)20(15-16)26-23-22(17-10-12-19(30-2)13-11-17)24(28)27(25(23)29)18-7-5-4-6-8-18/h4-15,26H,1-3H3. The van der Waals surface area contributed by atoms with Gasteiger partial charge in [0, 0.05) is 0 Å². The number of aryl methyl sites for hydroxylation is 1. The van der Waals surface area contributed by atoms with Gasteiger partial charge in [0.15, 0.2) is 0 Å². The van der Waals surface area contributed by atoms with E-state index in [2.05, 4.69) is 5.32 Å². The molecule has 0 aliphatic carbocycles. The number of anilines is 2. The summed E-state index contributed by atoms with van der Waals surface area (Å²) in [4.78, 5) is 28.1. The van der Waals surface area contributed by atoms with Gasteiger partial charge in [-0.1, -0.05) is 36.4 Å². The molecule has 0 bridgehead atoms. The Balaban J connectivity index is 1.84. The number of para-hydroxylation sites is 1. The molecule has 0 saturated heterocycles. The zero-order valence-corrected chi connectivity index (χ0v) is 17.5. The fourth-order valence-electron chi connectivity index (χ4n) is 3.54. The van der Waals surface area contributed by atoms with Crippen LogP contribution < -0.4 is 19.7 Å². The van der Waals surface area contributed by atoms with Crippen LogP contribution in [0.2, 0.25) is 0 Å². The molecular formula is C25H22N2O4. The summed E-state index contributed by atoms with van der Waals surface area (Å²) in [6.45, 7) is 1.95. The topological polar surface area (TPSA) is 67.9 Å². The van der Waals surface area contributed by atoms with Gasteiger partial charge in [-0.25, -0.2) is 4.90 Å². The third kappa shape index (κ3) is 3.75. The summed E-state index contributed by atoms with van der Waals surface area (Å²) in [6.07, 6.45) is 0. The molecule has 3 aromatic carbocycles. The van der Waals surface area contributed by atoms with Crippen molar-refractivity contribution in [2.24, 2.45) is 0 Å². The second kappa shape index (κ2) is 8.36. The zero-order chi connectivity index (χ0) is 22.0. The van der Waals surface area contributed by atoms with E-state index in [4.69, 9.17) is 9.47 Å². The van der Waals surface area contributed by atoms with Gasteiger partial charge in [0.05, 0.1) is 31.2 Å². The third-order valence-electron chi connectivity index (χ3n) is 5.09. The smallest absolute Gasteiger partial charge is 0.282 e. The van der Waals surface area contributed by atoms with E-state index in [1.165, 1.54) is 4.90 Å². The van der Waals surface area contributed by atoms with Crippen molar-refractivity contribution in [2.75, 3.05) is 24.4 Å². The molecule has 1 heterocycles. The van der Waals surface area contributed by atoms with Crippen LogP contribution in [0, 0.1) is 6.92 Å². The number of imide groups is 1. The van der Waals surface area contributed by atoms with Gasteiger partial charge >= 0.3 is 0 Å². The highest BCUT2D eigenvalue weighted by Crippen LogP contribution is 2.36. The summed E-state index contributed by atoms with van der Waals surface area (Å²) in [6, 6.07) is 21.6. The largest absolute Gasteiger partial charge is 0.497 e. The zero-order valence-electron chi connectivity index (χ0n) is 17.5. The molecule has 1 N–H and O–H groups in total. The Hall–Kier alpha value is -4.06. The molecule has 3 aromatic rings. The van der Waals surface area contributed by atoms with Gasteiger partial charge in [0.25, 0.3) is 11.8 Å². The number of ether oxygens (including phenoxy) is 2. The number of rotatable bonds is 6. The van der Waals surface area contributed by atoms with Crippen molar-refractivity contribution >= 4 is 28.8 Å². The van der Waals surface area contributed by atoms with E-state index in [0.717, 1.165) is 5.56 Å². The minimum absolute atomic E-state index is 0.197. The molecule has 0 saturated carbocycles. The van der Waals surface area contributed by atoms with Crippen molar-refractivity contribution in [3.05, 3.63) is 89.6 Å². The van der Waals surface area contributed by atoms with Crippen LogP contribution >= 0.6 is 0 Å². The van der Waals surface area contributed by atoms with Crippen LogP contribution in [0.4, 0.5) is 11.4 Å². The minimum Gasteiger partial charge on any atom is -0.497 e. The number of carbonyl (C=O) groups is 2. The van der Waals surface area contributed by atoms with Crippen LogP contribution in [0.25, 0.3) is 5.57 Å². The molecule has 0 unspecified atom stereocenters. The van der Waals surface area contributed by atoms with Crippen LogP contribution in [0.15, 0.2) is 78.5 Å². The molecule has 4 rings (SSSR count). The van der Waals surface area contributed by atoms with E-state index in [1.54, 1.807) is 62.8 Å². The molecule has 31 heavy (non-hydrogen) atoms. The van der Waals surface area contributed by atoms with Crippen molar-refractivity contribution in [2.45, 2.75) is 6.92 Å². The SMILES string of the molecule is COc1ccc(C2=C(Nc3cc(C)ccc3OC)C(=O)N(c3ccccc3)C2=O)cc1. The molecule has 0 spiro atoms. The van der Waals surface area contributed by atoms with Crippen molar-refractivity contribution in [1.29, 1.82) is 0 Å². The molecule has 1 aliphatic rings. The predicted molar refractivity (Wildman–Crippen MR) is 120 cm³/mol. The maximum Gasteiger partial charge on any atom is 0.282 e. The molecule has 6 heteroatoms. The quantitative estimate of drug-likeness (QED) is 0.605. The maximum absolute atomic E-state index is 13.4. The summed E-state index contributed by atoms with van der Waals surface area (Å²) in [5.41, 5.74) is 3.22. The molecule has 1 aliphatic heterocycles. The molecule has 0 atom stereocenters. The van der Waals surface area contributed by atoms with Crippen molar-refractivity contribution in [3.8, 4) is 11.5 Å². The number of amides is 2. The monoisotopic (exact) mass is 414 g/mol. The first-order valence-electron chi connectivity index (χ1n) is 9.77. The molecule has 2 amide bonds. The Morgan fingerprint density at radius 1 is 0.806 bits per heavy atom. The fourth-order valence-corrected chi connectivity index (χ4v) is 3.54. The van der Waals surface area contributed by atoms with Crippen LogP contribution in [0.3, 0.4) is 0 Å². The van der Waals surface area contributed by atoms with Crippen molar-refractivity contribution in [3.63, 3.8) is 0 Å². The highest BCUT2D eigenvalue weighted by Gasteiger charge is 2.40. The lowest BCUT2D eigenvalue weighted by Crippen LogP contribution is -2.32. The molecular weight excluding hydrogens is 392 g/mol. The average molecular weight is 414 g/mol. The third-order valence-corrected chi connectivity index (χ3v) is 5.09. The molecule has 0 aromatic heterocycles. The van der Waals surface area contributed by atoms with Gasteiger partial charge in [-0.15, -0.1) is 0 Å². The van der Waals surface area contributed by atoms with E-state index in [9.17, 15) is 9.59 Å². The maximum atomic E-state index is 13.4. The summed E-state index contributed by atoms with van der Waals surface area (Å²) in [5.74, 6) is 0.419. The normalized spacial score (nSPS) is 13.6. The Labute approximate surface area is 180 Å². The van der Waals surface area contributed by atoms with Crippen molar-refractivity contribution in [1.82, 2.24) is 0 Å². The highest BCUT2D eigenvalue weighted by atomic mass is 16.5. The van der Waals surface area contributed by atoms with Gasteiger partial charge in [-0.2, -0.15) is 0 Å². The second-order valence-electron chi connectivity index (χ2n) is 7.09. The van der Waals surface area contributed by atoms with Crippen LogP contribution in [0.5, 0.6) is 11.5 Å². The summed E-state index contributed by atoms with van der Waals surface area (Å²) < 4.78 is 10.7. The van der Waals surface area contributed by atoms with E-state index in [-0.39, 0.29) is 5.70 Å². The first-order chi connectivity index (χ1) is 15.0. The predicted octanol–water partition coefficient (Wildman–Crippen LogP) is 4.41. The summed E-state index contributed by atoms with van der Waals surface area (Å²) in [5, 5.41) is 3.17. The number of carbonyl (C=O) groups excluding carboxylic acids is 2. The van der Waals surface area contributed by atoms with Crippen molar-refractivity contribution < 1.29 is 19.1 Å². The highest BCUT2D eigenvalue weighted by molar-refractivity contribution is 6.46. The number of hydrogen-bond acceptors (Lipinski definition) is 5. The van der Waals surface area contributed by atoms with Crippen LogP contribution in [-0.2, 0) is 9.59 Å². The lowest BCUT2D eigenvalue weighted by Gasteiger charge is -2.16. The van der Waals surface area contributed by atoms with E-state index in [0.29, 0.717) is 34.0 Å². The lowest BCUT2D eigenvalue weighted by molar-refractivity contribution is -0.120. The number of benzene rings is 3. The van der Waals surface area contributed by atoms with E-state index in [1.807, 2.05) is 31.2 Å². The van der Waals surface area contributed by atoms with Gasteiger partial charge in [-0.3, -0.25) is 9.59 Å². The second-order valence-corrected chi connectivity index (χ2v) is 7.09. The first-order valence-corrected chi connectivity index (χ1v) is 9.77. The minimum atomic E-state index is -0.425. The number of methoxy groups -OCH3 is 2. The Morgan fingerprint density at radius 2 is 1.52 bits per heavy atom. The Morgan fingerprint density at radius 3 is 2.16 bits per heavy atom. The lowest BCUT2D eigenvalue weighted by atomic mass is 10.0. The summed E-state index contributed by atoms with van der Waals surface area (Å²) in [7, 11) is 3.14. The number of nitrogens with zero attached hydrogens (tertiary/aromatic N) is 1. The van der Waals surface area contributed by atoms with Crippen LogP contribution in [-0.4, -0.2) is 26.0 Å². The van der Waals surface area contributed by atoms with Gasteiger partial charge in [0.2, 0.25) is 0 Å². The molecule has 156 valence electrons. The van der Waals surface area contributed by atoms with E-state index < -0.39 is 11.8 Å².